The first-order chi connectivity index (χ1) is 14.8. The summed E-state index contributed by atoms with van der Waals surface area (Å²) in [6.07, 6.45) is 2.99. The Hall–Kier alpha value is -3.04. The third-order valence-electron chi connectivity index (χ3n) is 5.29. The van der Waals surface area contributed by atoms with Crippen LogP contribution in [-0.4, -0.2) is 26.9 Å². The first-order valence-corrected chi connectivity index (χ1v) is 11.6. The Labute approximate surface area is 186 Å². The first-order valence-electron chi connectivity index (χ1n) is 9.37. The molecule has 3 heterocycles. The standard InChI is InChI=1S/C22H16BrFN4O2S/c1-13-3-6-16(7-4-13)31(29,30)28-12-17(21-22(28)25-11-20(23)26-21)19-10-14-9-15(24)5-8-18(14)27(19)2/h3-12H,1-2H3. The van der Waals surface area contributed by atoms with Crippen molar-refractivity contribution in [1.82, 2.24) is 18.5 Å². The molecule has 31 heavy (non-hydrogen) atoms. The summed E-state index contributed by atoms with van der Waals surface area (Å²) in [7, 11) is -2.06. The van der Waals surface area contributed by atoms with Crippen LogP contribution >= 0.6 is 15.9 Å². The number of hydrogen-bond acceptors (Lipinski definition) is 4. The summed E-state index contributed by atoms with van der Waals surface area (Å²) in [5.41, 5.74) is 3.71. The van der Waals surface area contributed by atoms with Gasteiger partial charge in [-0.2, -0.15) is 0 Å². The van der Waals surface area contributed by atoms with Gasteiger partial charge in [0, 0.05) is 29.7 Å². The predicted octanol–water partition coefficient (Wildman–Crippen LogP) is 5.04. The third kappa shape index (κ3) is 3.16. The molecule has 0 saturated heterocycles. The van der Waals surface area contributed by atoms with Crippen LogP contribution in [0.25, 0.3) is 33.3 Å². The Morgan fingerprint density at radius 3 is 2.55 bits per heavy atom. The van der Waals surface area contributed by atoms with E-state index in [-0.39, 0.29) is 16.4 Å². The number of aromatic nitrogens is 4. The fourth-order valence-electron chi connectivity index (χ4n) is 3.72. The number of aryl methyl sites for hydroxylation is 2. The van der Waals surface area contributed by atoms with E-state index in [9.17, 15) is 12.8 Å². The van der Waals surface area contributed by atoms with Crippen LogP contribution in [0.1, 0.15) is 5.56 Å². The third-order valence-corrected chi connectivity index (χ3v) is 7.34. The molecule has 0 amide bonds. The molecular formula is C22H16BrFN4O2S. The van der Waals surface area contributed by atoms with E-state index < -0.39 is 10.0 Å². The van der Waals surface area contributed by atoms with Crippen LogP contribution in [0.15, 0.2) is 70.4 Å². The molecule has 0 fully saturated rings. The Balaban J connectivity index is 1.81. The van der Waals surface area contributed by atoms with E-state index in [4.69, 9.17) is 0 Å². The molecule has 6 nitrogen and oxygen atoms in total. The topological polar surface area (TPSA) is 69.8 Å². The van der Waals surface area contributed by atoms with E-state index in [1.807, 2.05) is 24.6 Å². The van der Waals surface area contributed by atoms with Gasteiger partial charge in [-0.05, 0) is 59.3 Å². The number of nitrogens with zero attached hydrogens (tertiary/aromatic N) is 4. The molecule has 156 valence electrons. The van der Waals surface area contributed by atoms with E-state index in [0.717, 1.165) is 15.1 Å². The number of fused-ring (bicyclic) bond motifs is 2. The Morgan fingerprint density at radius 1 is 1.06 bits per heavy atom. The van der Waals surface area contributed by atoms with E-state index in [1.54, 1.807) is 30.3 Å². The highest BCUT2D eigenvalue weighted by molar-refractivity contribution is 9.10. The molecule has 3 aromatic heterocycles. The van der Waals surface area contributed by atoms with E-state index in [1.165, 1.54) is 24.5 Å². The average Bonchev–Trinajstić information content (AvgIpc) is 3.26. The minimum Gasteiger partial charge on any atom is -0.344 e. The molecule has 2 aromatic carbocycles. The van der Waals surface area contributed by atoms with Crippen molar-refractivity contribution in [2.24, 2.45) is 7.05 Å². The summed E-state index contributed by atoms with van der Waals surface area (Å²) < 4.78 is 44.1. The number of rotatable bonds is 3. The highest BCUT2D eigenvalue weighted by Crippen LogP contribution is 2.35. The van der Waals surface area contributed by atoms with E-state index in [0.29, 0.717) is 26.8 Å². The maximum Gasteiger partial charge on any atom is 0.269 e. The van der Waals surface area contributed by atoms with Crippen molar-refractivity contribution in [2.45, 2.75) is 11.8 Å². The molecule has 5 rings (SSSR count). The normalized spacial score (nSPS) is 12.1. The average molecular weight is 499 g/mol. The van der Waals surface area contributed by atoms with Crippen molar-refractivity contribution >= 4 is 48.0 Å². The molecule has 0 saturated carbocycles. The summed E-state index contributed by atoms with van der Waals surface area (Å²) in [5.74, 6) is -0.337. The predicted molar refractivity (Wildman–Crippen MR) is 121 cm³/mol. The lowest BCUT2D eigenvalue weighted by Crippen LogP contribution is -2.12. The quantitative estimate of drug-likeness (QED) is 0.349. The lowest BCUT2D eigenvalue weighted by Gasteiger charge is -2.07. The highest BCUT2D eigenvalue weighted by atomic mass is 79.9. The lowest BCUT2D eigenvalue weighted by atomic mass is 10.2. The molecular weight excluding hydrogens is 483 g/mol. The highest BCUT2D eigenvalue weighted by Gasteiger charge is 2.25. The zero-order chi connectivity index (χ0) is 21.9. The second kappa shape index (κ2) is 7.00. The maximum absolute atomic E-state index is 13.7. The van der Waals surface area contributed by atoms with Gasteiger partial charge in [0.25, 0.3) is 10.0 Å². The lowest BCUT2D eigenvalue weighted by molar-refractivity contribution is 0.588. The minimum absolute atomic E-state index is 0.158. The molecule has 0 N–H and O–H groups in total. The van der Waals surface area contributed by atoms with Crippen LogP contribution in [0, 0.1) is 12.7 Å². The maximum atomic E-state index is 13.7. The van der Waals surface area contributed by atoms with Crippen LogP contribution in [0.2, 0.25) is 0 Å². The summed E-state index contributed by atoms with van der Waals surface area (Å²) in [6.45, 7) is 1.89. The number of hydrogen-bond donors (Lipinski definition) is 0. The summed E-state index contributed by atoms with van der Waals surface area (Å²) in [6, 6.07) is 13.0. The smallest absolute Gasteiger partial charge is 0.269 e. The van der Waals surface area contributed by atoms with Crippen LogP contribution in [0.3, 0.4) is 0 Å². The zero-order valence-electron chi connectivity index (χ0n) is 16.5. The minimum atomic E-state index is -3.90. The molecule has 5 aromatic rings. The van der Waals surface area contributed by atoms with Crippen molar-refractivity contribution < 1.29 is 12.8 Å². The molecule has 0 unspecified atom stereocenters. The number of halogens is 2. The van der Waals surface area contributed by atoms with Gasteiger partial charge in [0.15, 0.2) is 5.65 Å². The number of benzene rings is 2. The zero-order valence-corrected chi connectivity index (χ0v) is 18.9. The van der Waals surface area contributed by atoms with Gasteiger partial charge in [0.05, 0.1) is 16.8 Å². The molecule has 0 spiro atoms. The molecule has 0 aliphatic rings. The van der Waals surface area contributed by atoms with Gasteiger partial charge in [-0.25, -0.2) is 26.7 Å². The van der Waals surface area contributed by atoms with Gasteiger partial charge in [0.2, 0.25) is 0 Å². The van der Waals surface area contributed by atoms with E-state index >= 15 is 0 Å². The van der Waals surface area contributed by atoms with Crippen molar-refractivity contribution in [3.05, 3.63) is 76.9 Å². The van der Waals surface area contributed by atoms with Crippen molar-refractivity contribution in [3.63, 3.8) is 0 Å². The van der Waals surface area contributed by atoms with Crippen molar-refractivity contribution in [2.75, 3.05) is 0 Å². The Morgan fingerprint density at radius 2 is 1.81 bits per heavy atom. The first kappa shape index (κ1) is 19.9. The fraction of sp³-hybridized carbons (Fsp3) is 0.0909. The van der Waals surface area contributed by atoms with Crippen molar-refractivity contribution in [3.8, 4) is 11.3 Å². The van der Waals surface area contributed by atoms with E-state index in [2.05, 4.69) is 25.9 Å². The monoisotopic (exact) mass is 498 g/mol. The van der Waals surface area contributed by atoms with Gasteiger partial charge in [-0.3, -0.25) is 0 Å². The molecule has 0 aliphatic carbocycles. The van der Waals surface area contributed by atoms with Gasteiger partial charge in [-0.15, -0.1) is 0 Å². The summed E-state index contributed by atoms with van der Waals surface area (Å²) in [5, 5.41) is 0.711. The molecule has 0 radical (unpaired) electrons. The second-order valence-corrected chi connectivity index (χ2v) is 9.94. The Kier molecular flexibility index (Phi) is 4.49. The summed E-state index contributed by atoms with van der Waals surface area (Å²) in [4.78, 5) is 9.00. The fourth-order valence-corrected chi connectivity index (χ4v) is 5.31. The van der Waals surface area contributed by atoms with Gasteiger partial charge < -0.3 is 4.57 Å². The molecule has 0 aliphatic heterocycles. The summed E-state index contributed by atoms with van der Waals surface area (Å²) >= 11 is 3.33. The van der Waals surface area contributed by atoms with Crippen LogP contribution in [-0.2, 0) is 17.1 Å². The van der Waals surface area contributed by atoms with Crippen LogP contribution in [0.4, 0.5) is 4.39 Å². The largest absolute Gasteiger partial charge is 0.344 e. The Bertz CT molecular complexity index is 1590. The van der Waals surface area contributed by atoms with Crippen LogP contribution in [0.5, 0.6) is 0 Å². The van der Waals surface area contributed by atoms with Gasteiger partial charge in [0.1, 0.15) is 15.9 Å². The van der Waals surface area contributed by atoms with Crippen LogP contribution < -0.4 is 0 Å². The SMILES string of the molecule is Cc1ccc(S(=O)(=O)n2cc(-c3cc4cc(F)ccc4n3C)c3nc(Br)cnc32)cc1. The van der Waals surface area contributed by atoms with Gasteiger partial charge >= 0.3 is 0 Å². The molecule has 0 bridgehead atoms. The van der Waals surface area contributed by atoms with Crippen molar-refractivity contribution in [1.29, 1.82) is 0 Å². The second-order valence-electron chi connectivity index (χ2n) is 7.31. The molecule has 0 atom stereocenters. The molecule has 9 heteroatoms. The van der Waals surface area contributed by atoms with Gasteiger partial charge in [-0.1, -0.05) is 17.7 Å².